The Morgan fingerprint density at radius 2 is 2.21 bits per heavy atom. The normalized spacial score (nSPS) is 11.9. The zero-order valence-corrected chi connectivity index (χ0v) is 11.2. The first kappa shape index (κ1) is 15.1. The maximum absolute atomic E-state index is 11.9. The molecule has 1 aromatic rings. The molecule has 0 saturated heterocycles. The molecule has 0 aliphatic rings. The van der Waals surface area contributed by atoms with Gasteiger partial charge in [-0.15, -0.1) is 0 Å². The second-order valence-electron chi connectivity index (χ2n) is 4.72. The van der Waals surface area contributed by atoms with Crippen LogP contribution in [0.25, 0.3) is 0 Å². The van der Waals surface area contributed by atoms with Crippen LogP contribution in [0.1, 0.15) is 18.9 Å². The summed E-state index contributed by atoms with van der Waals surface area (Å²) in [6, 6.07) is 6.30. The first-order valence-corrected chi connectivity index (χ1v) is 6.11. The van der Waals surface area contributed by atoms with E-state index in [0.29, 0.717) is 19.5 Å². The Morgan fingerprint density at radius 1 is 1.53 bits per heavy atom. The molecule has 1 atom stereocenters. The topological polar surface area (TPSA) is 89.5 Å². The average molecular weight is 265 g/mol. The van der Waals surface area contributed by atoms with Gasteiger partial charge in [0.25, 0.3) is 5.69 Å². The number of hydrogen-bond acceptors (Lipinski definition) is 4. The van der Waals surface area contributed by atoms with Gasteiger partial charge in [-0.3, -0.25) is 14.9 Å². The molecule has 1 amide bonds. The van der Waals surface area contributed by atoms with Crippen molar-refractivity contribution in [2.45, 2.75) is 19.9 Å². The number of carbonyl (C=O) groups is 1. The predicted molar refractivity (Wildman–Crippen MR) is 72.4 cm³/mol. The van der Waals surface area contributed by atoms with E-state index in [1.165, 1.54) is 12.1 Å². The fourth-order valence-corrected chi connectivity index (χ4v) is 1.67. The van der Waals surface area contributed by atoms with Crippen molar-refractivity contribution in [2.75, 3.05) is 13.6 Å². The molecule has 0 aromatic heterocycles. The Labute approximate surface area is 112 Å². The quantitative estimate of drug-likeness (QED) is 0.624. The molecule has 0 bridgehead atoms. The lowest BCUT2D eigenvalue weighted by atomic mass is 10.1. The van der Waals surface area contributed by atoms with Gasteiger partial charge in [0.2, 0.25) is 5.91 Å². The number of hydrogen-bond donors (Lipinski definition) is 1. The number of carbonyl (C=O) groups excluding carboxylic acids is 1. The number of nitrogens with zero attached hydrogens (tertiary/aromatic N) is 2. The lowest BCUT2D eigenvalue weighted by Gasteiger charge is -2.19. The molecule has 6 nitrogen and oxygen atoms in total. The third kappa shape index (κ3) is 4.67. The molecule has 0 saturated carbocycles. The first-order chi connectivity index (χ1) is 8.93. The maximum Gasteiger partial charge on any atom is 0.269 e. The van der Waals surface area contributed by atoms with Crippen molar-refractivity contribution in [2.24, 2.45) is 11.7 Å². The number of amides is 1. The predicted octanol–water partition coefficient (Wildman–Crippen LogP) is 1.54. The van der Waals surface area contributed by atoms with Crippen LogP contribution in [0.5, 0.6) is 0 Å². The molecule has 0 spiro atoms. The summed E-state index contributed by atoms with van der Waals surface area (Å²) < 4.78 is 0. The molecule has 1 unspecified atom stereocenters. The molecule has 1 aromatic carbocycles. The Kier molecular flexibility index (Phi) is 5.44. The number of benzene rings is 1. The van der Waals surface area contributed by atoms with Gasteiger partial charge in [-0.2, -0.15) is 0 Å². The van der Waals surface area contributed by atoms with Crippen LogP contribution in [0.15, 0.2) is 24.3 Å². The van der Waals surface area contributed by atoms with Gasteiger partial charge in [0.05, 0.1) is 4.92 Å². The molecule has 104 valence electrons. The number of non-ortho nitro benzene ring substituents is 1. The highest BCUT2D eigenvalue weighted by Gasteiger charge is 2.14. The summed E-state index contributed by atoms with van der Waals surface area (Å²) in [6.45, 7) is 2.74. The molecule has 0 fully saturated rings. The minimum Gasteiger partial charge on any atom is -0.341 e. The Bertz CT molecular complexity index is 462. The first-order valence-electron chi connectivity index (χ1n) is 6.11. The van der Waals surface area contributed by atoms with Gasteiger partial charge in [-0.1, -0.05) is 19.1 Å². The lowest BCUT2D eigenvalue weighted by Crippen LogP contribution is -2.29. The SMILES string of the molecule is CC(CN)CC(=O)N(C)Cc1cccc([N+](=O)[O-])c1. The van der Waals surface area contributed by atoms with Crippen molar-refractivity contribution in [1.82, 2.24) is 4.90 Å². The summed E-state index contributed by atoms with van der Waals surface area (Å²) in [5, 5.41) is 10.7. The Morgan fingerprint density at radius 3 is 2.79 bits per heavy atom. The van der Waals surface area contributed by atoms with Gasteiger partial charge in [-0.25, -0.2) is 0 Å². The van der Waals surface area contributed by atoms with E-state index >= 15 is 0 Å². The highest BCUT2D eigenvalue weighted by Crippen LogP contribution is 2.15. The zero-order valence-electron chi connectivity index (χ0n) is 11.2. The van der Waals surface area contributed by atoms with Crippen LogP contribution in [0.4, 0.5) is 5.69 Å². The van der Waals surface area contributed by atoms with E-state index < -0.39 is 4.92 Å². The van der Waals surface area contributed by atoms with Gasteiger partial charge in [0.15, 0.2) is 0 Å². The van der Waals surface area contributed by atoms with Crippen molar-refractivity contribution in [3.05, 3.63) is 39.9 Å². The molecule has 6 heteroatoms. The van der Waals surface area contributed by atoms with E-state index in [1.807, 2.05) is 6.92 Å². The smallest absolute Gasteiger partial charge is 0.269 e. The van der Waals surface area contributed by atoms with E-state index in [1.54, 1.807) is 24.1 Å². The third-order valence-electron chi connectivity index (χ3n) is 2.89. The van der Waals surface area contributed by atoms with Crippen molar-refractivity contribution < 1.29 is 9.72 Å². The van der Waals surface area contributed by atoms with Crippen LogP contribution in [0, 0.1) is 16.0 Å². The Hall–Kier alpha value is -1.95. The summed E-state index contributed by atoms with van der Waals surface area (Å²) in [4.78, 5) is 23.7. The summed E-state index contributed by atoms with van der Waals surface area (Å²) >= 11 is 0. The molecule has 0 heterocycles. The van der Waals surface area contributed by atoms with Gasteiger partial charge in [0.1, 0.15) is 0 Å². The minimum atomic E-state index is -0.443. The molecule has 0 aliphatic heterocycles. The van der Waals surface area contributed by atoms with Crippen LogP contribution in [-0.2, 0) is 11.3 Å². The van der Waals surface area contributed by atoms with Crippen LogP contribution >= 0.6 is 0 Å². The van der Waals surface area contributed by atoms with E-state index in [9.17, 15) is 14.9 Å². The van der Waals surface area contributed by atoms with E-state index in [2.05, 4.69) is 0 Å². The maximum atomic E-state index is 11.9. The van der Waals surface area contributed by atoms with Gasteiger partial charge in [0, 0.05) is 32.1 Å². The van der Waals surface area contributed by atoms with Crippen LogP contribution in [0.2, 0.25) is 0 Å². The standard InChI is InChI=1S/C13H19N3O3/c1-10(8-14)6-13(17)15(2)9-11-4-3-5-12(7-11)16(18)19/h3-5,7,10H,6,8-9,14H2,1-2H3. The van der Waals surface area contributed by atoms with Crippen molar-refractivity contribution >= 4 is 11.6 Å². The van der Waals surface area contributed by atoms with Crippen LogP contribution < -0.4 is 5.73 Å². The van der Waals surface area contributed by atoms with E-state index in [4.69, 9.17) is 5.73 Å². The molecule has 19 heavy (non-hydrogen) atoms. The van der Waals surface area contributed by atoms with Crippen LogP contribution in [-0.4, -0.2) is 29.3 Å². The number of nitro groups is 1. The summed E-state index contributed by atoms with van der Waals surface area (Å²) in [6.07, 6.45) is 0.391. The monoisotopic (exact) mass is 265 g/mol. The van der Waals surface area contributed by atoms with Gasteiger partial charge >= 0.3 is 0 Å². The van der Waals surface area contributed by atoms with Crippen molar-refractivity contribution in [3.63, 3.8) is 0 Å². The van der Waals surface area contributed by atoms with Crippen molar-refractivity contribution in [3.8, 4) is 0 Å². The fourth-order valence-electron chi connectivity index (χ4n) is 1.67. The third-order valence-corrected chi connectivity index (χ3v) is 2.89. The zero-order chi connectivity index (χ0) is 14.4. The molecular weight excluding hydrogens is 246 g/mol. The minimum absolute atomic E-state index is 0.00976. The summed E-state index contributed by atoms with van der Waals surface area (Å²) in [5.41, 5.74) is 6.26. The van der Waals surface area contributed by atoms with E-state index in [-0.39, 0.29) is 17.5 Å². The number of nitro benzene ring substituents is 1. The number of rotatable bonds is 6. The molecule has 0 aliphatic carbocycles. The Balaban J connectivity index is 2.66. The van der Waals surface area contributed by atoms with Crippen molar-refractivity contribution in [1.29, 1.82) is 0 Å². The molecule has 1 rings (SSSR count). The highest BCUT2D eigenvalue weighted by molar-refractivity contribution is 5.76. The second kappa shape index (κ2) is 6.84. The number of nitrogens with two attached hydrogens (primary N) is 1. The summed E-state index contributed by atoms with van der Waals surface area (Å²) in [5.74, 6) is 0.129. The highest BCUT2D eigenvalue weighted by atomic mass is 16.6. The fraction of sp³-hybridized carbons (Fsp3) is 0.462. The van der Waals surface area contributed by atoms with E-state index in [0.717, 1.165) is 5.56 Å². The summed E-state index contributed by atoms with van der Waals surface area (Å²) in [7, 11) is 1.68. The largest absolute Gasteiger partial charge is 0.341 e. The van der Waals surface area contributed by atoms with Gasteiger partial charge < -0.3 is 10.6 Å². The van der Waals surface area contributed by atoms with Crippen LogP contribution in [0.3, 0.4) is 0 Å². The molecule has 2 N–H and O–H groups in total. The second-order valence-corrected chi connectivity index (χ2v) is 4.72. The molecular formula is C13H19N3O3. The average Bonchev–Trinajstić information content (AvgIpc) is 2.38. The molecule has 0 radical (unpaired) electrons. The lowest BCUT2D eigenvalue weighted by molar-refractivity contribution is -0.384. The van der Waals surface area contributed by atoms with Gasteiger partial charge in [-0.05, 0) is 18.0 Å².